The van der Waals surface area contributed by atoms with Crippen LogP contribution in [-0.2, 0) is 9.59 Å². The van der Waals surface area contributed by atoms with Gasteiger partial charge < -0.3 is 29.1 Å². The molecule has 2 aromatic rings. The van der Waals surface area contributed by atoms with E-state index in [0.717, 1.165) is 5.56 Å². The van der Waals surface area contributed by atoms with Gasteiger partial charge in [0.1, 0.15) is 11.5 Å². The Bertz CT molecular complexity index is 1110. The normalized spacial score (nSPS) is 17.4. The molecule has 1 N–H and O–H groups in total. The smallest absolute Gasteiger partial charge is 0.295 e. The van der Waals surface area contributed by atoms with Crippen LogP contribution in [0.3, 0.4) is 0 Å². The number of amides is 1. The fourth-order valence-electron chi connectivity index (χ4n) is 4.09. The van der Waals surface area contributed by atoms with Gasteiger partial charge >= 0.3 is 0 Å². The zero-order chi connectivity index (χ0) is 25.0. The quantitative estimate of drug-likeness (QED) is 0.343. The first-order valence-electron chi connectivity index (χ1n) is 11.1. The van der Waals surface area contributed by atoms with E-state index in [-0.39, 0.29) is 11.3 Å². The summed E-state index contributed by atoms with van der Waals surface area (Å²) in [7, 11) is 6.85. The molecule has 1 aliphatic rings. The summed E-state index contributed by atoms with van der Waals surface area (Å²) in [6.45, 7) is 5.10. The van der Waals surface area contributed by atoms with E-state index in [2.05, 4.69) is 0 Å². The Kier molecular flexibility index (Phi) is 7.83. The van der Waals surface area contributed by atoms with Gasteiger partial charge in [0.15, 0.2) is 11.5 Å². The number of methoxy groups -OCH3 is 2. The Morgan fingerprint density at radius 3 is 2.35 bits per heavy atom. The van der Waals surface area contributed by atoms with Gasteiger partial charge in [0.05, 0.1) is 32.4 Å². The highest BCUT2D eigenvalue weighted by molar-refractivity contribution is 6.46. The highest BCUT2D eigenvalue weighted by atomic mass is 16.5. The second kappa shape index (κ2) is 10.6. The lowest BCUT2D eigenvalue weighted by Gasteiger charge is -2.27. The first-order chi connectivity index (χ1) is 16.2. The van der Waals surface area contributed by atoms with Crippen LogP contribution in [0.4, 0.5) is 0 Å². The van der Waals surface area contributed by atoms with E-state index in [4.69, 9.17) is 14.2 Å². The molecule has 1 aliphatic heterocycles. The van der Waals surface area contributed by atoms with Crippen molar-refractivity contribution in [3.05, 3.63) is 58.7 Å². The van der Waals surface area contributed by atoms with Crippen molar-refractivity contribution in [3.63, 3.8) is 0 Å². The predicted molar refractivity (Wildman–Crippen MR) is 129 cm³/mol. The molecule has 1 saturated heterocycles. The first kappa shape index (κ1) is 25.1. The van der Waals surface area contributed by atoms with Gasteiger partial charge in [-0.05, 0) is 69.4 Å². The number of hydrogen-bond donors (Lipinski definition) is 1. The standard InChI is InChI=1S/C26H32N2O6/c1-7-34-18-9-10-19(16(2)14-18)24(29)22-23(17-8-11-20(32-5)21(15-17)33-6)28(13-12-27(3)4)26(31)25(22)30/h8-11,14-15,23,29H,7,12-13H2,1-6H3/b24-22-. The zero-order valence-electron chi connectivity index (χ0n) is 20.5. The SMILES string of the molecule is CCOc1ccc(/C(O)=C2/C(=O)C(=O)N(CCN(C)C)C2c2ccc(OC)c(OC)c2)c(C)c1. The van der Waals surface area contributed by atoms with Crippen molar-refractivity contribution in [3.8, 4) is 17.2 Å². The number of carbonyl (C=O) groups is 2. The number of carbonyl (C=O) groups excluding carboxylic acids is 2. The maximum Gasteiger partial charge on any atom is 0.295 e. The topological polar surface area (TPSA) is 88.5 Å². The van der Waals surface area contributed by atoms with Crippen LogP contribution in [0.15, 0.2) is 42.0 Å². The maximum absolute atomic E-state index is 13.2. The number of likely N-dealkylation sites (tertiary alicyclic amines) is 1. The number of aliphatic hydroxyl groups is 1. The van der Waals surface area contributed by atoms with E-state index in [1.165, 1.54) is 19.1 Å². The van der Waals surface area contributed by atoms with Gasteiger partial charge in [0.25, 0.3) is 11.7 Å². The summed E-state index contributed by atoms with van der Waals surface area (Å²) in [5.41, 5.74) is 1.89. The zero-order valence-corrected chi connectivity index (χ0v) is 20.5. The van der Waals surface area contributed by atoms with Crippen LogP contribution in [0.2, 0.25) is 0 Å². The molecule has 3 rings (SSSR count). The third-order valence-electron chi connectivity index (χ3n) is 5.82. The van der Waals surface area contributed by atoms with Crippen molar-refractivity contribution in [2.75, 3.05) is 48.0 Å². The number of rotatable bonds is 9. The molecule has 1 heterocycles. The molecule has 8 heteroatoms. The molecule has 1 amide bonds. The summed E-state index contributed by atoms with van der Waals surface area (Å²) in [5.74, 6) is 0.0795. The number of hydrogen-bond acceptors (Lipinski definition) is 7. The molecular formula is C26H32N2O6. The van der Waals surface area contributed by atoms with Gasteiger partial charge in [-0.15, -0.1) is 0 Å². The molecule has 0 bridgehead atoms. The Balaban J connectivity index is 2.19. The molecule has 1 atom stereocenters. The molecule has 1 fully saturated rings. The lowest BCUT2D eigenvalue weighted by Crippen LogP contribution is -2.35. The second-order valence-corrected chi connectivity index (χ2v) is 8.32. The minimum atomic E-state index is -0.772. The first-order valence-corrected chi connectivity index (χ1v) is 11.1. The summed E-state index contributed by atoms with van der Waals surface area (Å²) >= 11 is 0. The number of aryl methyl sites for hydroxylation is 1. The number of aliphatic hydroxyl groups excluding tert-OH is 1. The molecule has 8 nitrogen and oxygen atoms in total. The Morgan fingerprint density at radius 1 is 1.06 bits per heavy atom. The van der Waals surface area contributed by atoms with Crippen molar-refractivity contribution < 1.29 is 28.9 Å². The fraction of sp³-hybridized carbons (Fsp3) is 0.385. The molecule has 0 spiro atoms. The molecule has 0 saturated carbocycles. The number of Topliss-reactive ketones (excluding diaryl/α,β-unsaturated/α-hetero) is 1. The largest absolute Gasteiger partial charge is 0.507 e. The number of benzene rings is 2. The van der Waals surface area contributed by atoms with Crippen LogP contribution < -0.4 is 14.2 Å². The average molecular weight is 469 g/mol. The van der Waals surface area contributed by atoms with Crippen molar-refractivity contribution in [1.29, 1.82) is 0 Å². The molecule has 0 radical (unpaired) electrons. The third kappa shape index (κ3) is 4.87. The monoisotopic (exact) mass is 468 g/mol. The van der Waals surface area contributed by atoms with Crippen LogP contribution in [0.5, 0.6) is 17.2 Å². The highest BCUT2D eigenvalue weighted by Crippen LogP contribution is 2.42. The van der Waals surface area contributed by atoms with E-state index in [0.29, 0.717) is 48.1 Å². The molecular weight excluding hydrogens is 436 g/mol. The van der Waals surface area contributed by atoms with E-state index in [1.807, 2.05) is 32.8 Å². The lowest BCUT2D eigenvalue weighted by molar-refractivity contribution is -0.140. The van der Waals surface area contributed by atoms with Crippen LogP contribution >= 0.6 is 0 Å². The Morgan fingerprint density at radius 2 is 1.76 bits per heavy atom. The van der Waals surface area contributed by atoms with Gasteiger partial charge in [0.2, 0.25) is 0 Å². The molecule has 0 aromatic heterocycles. The van der Waals surface area contributed by atoms with Crippen LogP contribution in [0, 0.1) is 6.92 Å². The summed E-state index contributed by atoms with van der Waals surface area (Å²) < 4.78 is 16.3. The summed E-state index contributed by atoms with van der Waals surface area (Å²) in [6, 6.07) is 9.70. The Hall–Kier alpha value is -3.52. The highest BCUT2D eigenvalue weighted by Gasteiger charge is 2.46. The van der Waals surface area contributed by atoms with E-state index >= 15 is 0 Å². The van der Waals surface area contributed by atoms with Crippen molar-refractivity contribution in [2.45, 2.75) is 19.9 Å². The van der Waals surface area contributed by atoms with E-state index in [1.54, 1.807) is 36.4 Å². The van der Waals surface area contributed by atoms with Crippen LogP contribution in [0.25, 0.3) is 5.76 Å². The number of ether oxygens (including phenoxy) is 3. The van der Waals surface area contributed by atoms with Gasteiger partial charge in [-0.25, -0.2) is 0 Å². The van der Waals surface area contributed by atoms with E-state index < -0.39 is 17.7 Å². The Labute approximate surface area is 200 Å². The van der Waals surface area contributed by atoms with E-state index in [9.17, 15) is 14.7 Å². The molecule has 182 valence electrons. The summed E-state index contributed by atoms with van der Waals surface area (Å²) in [4.78, 5) is 29.7. The van der Waals surface area contributed by atoms with Gasteiger partial charge in [-0.2, -0.15) is 0 Å². The van der Waals surface area contributed by atoms with Crippen LogP contribution in [-0.4, -0.2) is 74.6 Å². The number of ketones is 1. The van der Waals surface area contributed by atoms with Gasteiger partial charge in [-0.1, -0.05) is 6.07 Å². The van der Waals surface area contributed by atoms with Crippen molar-refractivity contribution in [1.82, 2.24) is 9.80 Å². The second-order valence-electron chi connectivity index (χ2n) is 8.32. The third-order valence-corrected chi connectivity index (χ3v) is 5.82. The van der Waals surface area contributed by atoms with Gasteiger partial charge in [0, 0.05) is 18.7 Å². The van der Waals surface area contributed by atoms with Gasteiger partial charge in [-0.3, -0.25) is 9.59 Å². The van der Waals surface area contributed by atoms with Crippen molar-refractivity contribution in [2.24, 2.45) is 0 Å². The summed E-state index contributed by atoms with van der Waals surface area (Å²) in [6.07, 6.45) is 0. The predicted octanol–water partition coefficient (Wildman–Crippen LogP) is 3.39. The van der Waals surface area contributed by atoms with Crippen molar-refractivity contribution >= 4 is 17.4 Å². The number of likely N-dealkylation sites (N-methyl/N-ethyl adjacent to an activating group) is 1. The average Bonchev–Trinajstić information content (AvgIpc) is 3.07. The summed E-state index contributed by atoms with van der Waals surface area (Å²) in [5, 5.41) is 11.3. The number of nitrogens with zero attached hydrogens (tertiary/aromatic N) is 2. The molecule has 1 unspecified atom stereocenters. The maximum atomic E-state index is 13.2. The molecule has 2 aromatic carbocycles. The minimum Gasteiger partial charge on any atom is -0.507 e. The fourth-order valence-corrected chi connectivity index (χ4v) is 4.09. The lowest BCUT2D eigenvalue weighted by atomic mass is 9.93. The molecule has 0 aliphatic carbocycles. The minimum absolute atomic E-state index is 0.0447. The van der Waals surface area contributed by atoms with Crippen LogP contribution in [0.1, 0.15) is 29.7 Å². The molecule has 34 heavy (non-hydrogen) atoms.